The number of nitrogens with one attached hydrogen (secondary N) is 2. The molecule has 0 aromatic heterocycles. The Morgan fingerprint density at radius 3 is 2.13 bits per heavy atom. The predicted octanol–water partition coefficient (Wildman–Crippen LogP) is -0.928. The molecular formula is C9H16N2O4. The van der Waals surface area contributed by atoms with Crippen molar-refractivity contribution in [2.24, 2.45) is 5.92 Å². The predicted molar refractivity (Wildman–Crippen MR) is 53.3 cm³/mol. The standard InChI is InChI=1S/C9H16N2O4/c1-6(2)8(14)4-11-9(15)10-3-7(13)5-12/h6,12H,3-5H2,1-2H3,(H2,10,11,15). The van der Waals surface area contributed by atoms with Crippen LogP contribution in [0, 0.1) is 5.92 Å². The third kappa shape index (κ3) is 6.62. The molecule has 0 heterocycles. The Kier molecular flexibility index (Phi) is 6.28. The van der Waals surface area contributed by atoms with Gasteiger partial charge in [-0.3, -0.25) is 9.59 Å². The highest BCUT2D eigenvalue weighted by molar-refractivity contribution is 5.89. The lowest BCUT2D eigenvalue weighted by Gasteiger charge is -2.07. The van der Waals surface area contributed by atoms with Crippen molar-refractivity contribution in [3.63, 3.8) is 0 Å². The van der Waals surface area contributed by atoms with Gasteiger partial charge in [-0.05, 0) is 0 Å². The Bertz CT molecular complexity index is 250. The summed E-state index contributed by atoms with van der Waals surface area (Å²) in [5, 5.41) is 12.9. The summed E-state index contributed by atoms with van der Waals surface area (Å²) in [5.41, 5.74) is 0. The number of ketones is 2. The van der Waals surface area contributed by atoms with Crippen LogP contribution in [-0.2, 0) is 9.59 Å². The van der Waals surface area contributed by atoms with Gasteiger partial charge in [-0.15, -0.1) is 0 Å². The van der Waals surface area contributed by atoms with Gasteiger partial charge in [-0.25, -0.2) is 4.79 Å². The second kappa shape index (κ2) is 6.94. The number of Topliss-reactive ketones (excluding diaryl/α,β-unsaturated/α-hetero) is 2. The minimum Gasteiger partial charge on any atom is -0.389 e. The number of carbonyl (C=O) groups excluding carboxylic acids is 3. The monoisotopic (exact) mass is 216 g/mol. The highest BCUT2D eigenvalue weighted by Gasteiger charge is 2.09. The van der Waals surface area contributed by atoms with E-state index in [0.717, 1.165) is 0 Å². The van der Waals surface area contributed by atoms with Gasteiger partial charge in [-0.1, -0.05) is 13.8 Å². The Balaban J connectivity index is 3.67. The molecule has 0 radical (unpaired) electrons. The van der Waals surface area contributed by atoms with Crippen molar-refractivity contribution in [3.05, 3.63) is 0 Å². The van der Waals surface area contributed by atoms with E-state index in [4.69, 9.17) is 5.11 Å². The second-order valence-electron chi connectivity index (χ2n) is 3.35. The average Bonchev–Trinajstić information content (AvgIpc) is 2.21. The molecule has 0 rings (SSSR count). The van der Waals surface area contributed by atoms with Crippen LogP contribution in [0.2, 0.25) is 0 Å². The first kappa shape index (κ1) is 13.6. The maximum absolute atomic E-state index is 11.1. The SMILES string of the molecule is CC(C)C(=O)CNC(=O)NCC(=O)CO. The van der Waals surface area contributed by atoms with Gasteiger partial charge in [0, 0.05) is 5.92 Å². The fourth-order valence-corrected chi connectivity index (χ4v) is 0.669. The van der Waals surface area contributed by atoms with E-state index in [1.54, 1.807) is 13.8 Å². The molecule has 0 fully saturated rings. The molecule has 15 heavy (non-hydrogen) atoms. The van der Waals surface area contributed by atoms with Gasteiger partial charge in [0.2, 0.25) is 0 Å². The summed E-state index contributed by atoms with van der Waals surface area (Å²) in [6.45, 7) is 2.56. The molecule has 0 aromatic rings. The molecule has 0 aliphatic heterocycles. The Hall–Kier alpha value is -1.43. The number of carbonyl (C=O) groups is 3. The molecule has 0 atom stereocenters. The molecule has 6 heteroatoms. The van der Waals surface area contributed by atoms with Crippen molar-refractivity contribution in [3.8, 4) is 0 Å². The van der Waals surface area contributed by atoms with Crippen molar-refractivity contribution < 1.29 is 19.5 Å². The number of amides is 2. The Labute approximate surface area is 88.0 Å². The summed E-state index contributed by atoms with van der Waals surface area (Å²) < 4.78 is 0. The minimum atomic E-state index is -0.606. The smallest absolute Gasteiger partial charge is 0.315 e. The van der Waals surface area contributed by atoms with Gasteiger partial charge >= 0.3 is 6.03 Å². The number of rotatable bonds is 6. The molecule has 0 bridgehead atoms. The lowest BCUT2D eigenvalue weighted by atomic mass is 10.1. The molecule has 3 N–H and O–H groups in total. The van der Waals surface area contributed by atoms with Crippen LogP contribution in [0.15, 0.2) is 0 Å². The summed E-state index contributed by atoms with van der Waals surface area (Å²) in [6, 6.07) is -0.592. The van der Waals surface area contributed by atoms with E-state index in [1.807, 2.05) is 0 Å². The van der Waals surface area contributed by atoms with Crippen LogP contribution < -0.4 is 10.6 Å². The van der Waals surface area contributed by atoms with Crippen molar-refractivity contribution in [2.75, 3.05) is 19.7 Å². The zero-order chi connectivity index (χ0) is 11.8. The maximum Gasteiger partial charge on any atom is 0.315 e. The molecule has 0 unspecified atom stereocenters. The van der Waals surface area contributed by atoms with E-state index in [0.29, 0.717) is 0 Å². The lowest BCUT2D eigenvalue weighted by molar-refractivity contribution is -0.121. The second-order valence-corrected chi connectivity index (χ2v) is 3.35. The van der Waals surface area contributed by atoms with Gasteiger partial charge < -0.3 is 15.7 Å². The number of urea groups is 1. The molecule has 0 spiro atoms. The molecular weight excluding hydrogens is 200 g/mol. The van der Waals surface area contributed by atoms with E-state index < -0.39 is 18.4 Å². The number of aliphatic hydroxyl groups is 1. The molecule has 6 nitrogen and oxygen atoms in total. The average molecular weight is 216 g/mol. The van der Waals surface area contributed by atoms with E-state index in [-0.39, 0.29) is 24.8 Å². The van der Waals surface area contributed by atoms with Crippen molar-refractivity contribution in [2.45, 2.75) is 13.8 Å². The summed E-state index contributed by atoms with van der Waals surface area (Å²) in [4.78, 5) is 32.7. The lowest BCUT2D eigenvalue weighted by Crippen LogP contribution is -2.41. The van der Waals surface area contributed by atoms with Gasteiger partial charge in [0.15, 0.2) is 11.6 Å². The van der Waals surface area contributed by atoms with Gasteiger partial charge in [0.1, 0.15) is 6.61 Å². The molecule has 0 saturated carbocycles. The summed E-state index contributed by atoms with van der Waals surface area (Å²) in [7, 11) is 0. The van der Waals surface area contributed by atoms with Crippen LogP contribution in [0.3, 0.4) is 0 Å². The van der Waals surface area contributed by atoms with E-state index in [9.17, 15) is 14.4 Å². The Morgan fingerprint density at radius 1 is 1.13 bits per heavy atom. The maximum atomic E-state index is 11.1. The number of hydrogen-bond donors (Lipinski definition) is 3. The molecule has 2 amide bonds. The zero-order valence-corrected chi connectivity index (χ0v) is 8.87. The highest BCUT2D eigenvalue weighted by atomic mass is 16.3. The van der Waals surface area contributed by atoms with Crippen LogP contribution in [0.4, 0.5) is 4.79 Å². The normalized spacial score (nSPS) is 9.87. The van der Waals surface area contributed by atoms with Crippen molar-refractivity contribution >= 4 is 17.6 Å². The fraction of sp³-hybridized carbons (Fsp3) is 0.667. The first-order chi connectivity index (χ1) is 6.97. The first-order valence-corrected chi connectivity index (χ1v) is 4.64. The topological polar surface area (TPSA) is 95.5 Å². The van der Waals surface area contributed by atoms with E-state index in [1.165, 1.54) is 0 Å². The van der Waals surface area contributed by atoms with Crippen LogP contribution in [0.25, 0.3) is 0 Å². The van der Waals surface area contributed by atoms with Gasteiger partial charge in [0.05, 0.1) is 13.1 Å². The molecule has 0 aliphatic rings. The Morgan fingerprint density at radius 2 is 1.67 bits per heavy atom. The largest absolute Gasteiger partial charge is 0.389 e. The van der Waals surface area contributed by atoms with E-state index in [2.05, 4.69) is 10.6 Å². The fourth-order valence-electron chi connectivity index (χ4n) is 0.669. The van der Waals surface area contributed by atoms with Gasteiger partial charge in [0.25, 0.3) is 0 Å². The van der Waals surface area contributed by atoms with Crippen molar-refractivity contribution in [1.82, 2.24) is 10.6 Å². The van der Waals surface area contributed by atoms with E-state index >= 15 is 0 Å². The quantitative estimate of drug-likeness (QED) is 0.534. The van der Waals surface area contributed by atoms with Crippen LogP contribution in [-0.4, -0.2) is 42.4 Å². The third-order valence-corrected chi connectivity index (χ3v) is 1.69. The number of hydrogen-bond acceptors (Lipinski definition) is 4. The third-order valence-electron chi connectivity index (χ3n) is 1.69. The molecule has 0 saturated heterocycles. The molecule has 86 valence electrons. The zero-order valence-electron chi connectivity index (χ0n) is 8.87. The molecule has 0 aromatic carbocycles. The summed E-state index contributed by atoms with van der Waals surface area (Å²) in [6.07, 6.45) is 0. The van der Waals surface area contributed by atoms with Crippen LogP contribution in [0.1, 0.15) is 13.8 Å². The number of aliphatic hydroxyl groups excluding tert-OH is 1. The van der Waals surface area contributed by atoms with Crippen LogP contribution >= 0.6 is 0 Å². The summed E-state index contributed by atoms with van der Waals surface area (Å²) >= 11 is 0. The summed E-state index contributed by atoms with van der Waals surface area (Å²) in [5.74, 6) is -0.705. The minimum absolute atomic E-state index is 0.0587. The highest BCUT2D eigenvalue weighted by Crippen LogP contribution is 1.91. The van der Waals surface area contributed by atoms with Gasteiger partial charge in [-0.2, -0.15) is 0 Å². The first-order valence-electron chi connectivity index (χ1n) is 4.64. The van der Waals surface area contributed by atoms with Crippen molar-refractivity contribution in [1.29, 1.82) is 0 Å². The molecule has 0 aliphatic carbocycles. The van der Waals surface area contributed by atoms with Crippen LogP contribution in [0.5, 0.6) is 0 Å².